The number of rotatable bonds is 4. The molecule has 116 valence electrons. The van der Waals surface area contributed by atoms with E-state index in [0.29, 0.717) is 12.5 Å². The van der Waals surface area contributed by atoms with Crippen LogP contribution in [-0.2, 0) is 6.54 Å². The van der Waals surface area contributed by atoms with Gasteiger partial charge in [0.25, 0.3) is 0 Å². The lowest BCUT2D eigenvalue weighted by molar-refractivity contribution is 0.648. The number of aromatic nitrogens is 3. The second kappa shape index (κ2) is 5.54. The first-order chi connectivity index (χ1) is 11.2. The first kappa shape index (κ1) is 14.0. The maximum Gasteiger partial charge on any atom is 0.350 e. The number of benzene rings is 2. The van der Waals surface area contributed by atoms with E-state index < -0.39 is 0 Å². The lowest BCUT2D eigenvalue weighted by atomic mass is 10.1. The maximum atomic E-state index is 12.9. The molecule has 4 nitrogen and oxygen atoms in total. The van der Waals surface area contributed by atoms with E-state index in [-0.39, 0.29) is 5.69 Å². The van der Waals surface area contributed by atoms with Gasteiger partial charge in [0.2, 0.25) is 0 Å². The molecular formula is C19H19N3O. The van der Waals surface area contributed by atoms with Crippen LogP contribution in [0.2, 0.25) is 0 Å². The van der Waals surface area contributed by atoms with E-state index in [4.69, 9.17) is 0 Å². The molecule has 0 unspecified atom stereocenters. The first-order valence-corrected chi connectivity index (χ1v) is 8.03. The Labute approximate surface area is 135 Å². The highest BCUT2D eigenvalue weighted by molar-refractivity contribution is 5.33. The van der Waals surface area contributed by atoms with E-state index in [1.165, 1.54) is 5.56 Å². The van der Waals surface area contributed by atoms with Gasteiger partial charge in [-0.15, -0.1) is 0 Å². The molecule has 4 rings (SSSR count). The normalized spacial score (nSPS) is 14.1. The van der Waals surface area contributed by atoms with Crippen LogP contribution in [0.5, 0.6) is 0 Å². The van der Waals surface area contributed by atoms with Gasteiger partial charge in [-0.25, -0.2) is 14.0 Å². The van der Waals surface area contributed by atoms with Crippen molar-refractivity contribution in [3.8, 4) is 5.69 Å². The molecule has 3 aromatic rings. The second-order valence-electron chi connectivity index (χ2n) is 6.23. The molecule has 1 aliphatic carbocycles. The summed E-state index contributed by atoms with van der Waals surface area (Å²) in [4.78, 5) is 12.9. The van der Waals surface area contributed by atoms with Gasteiger partial charge in [-0.05, 0) is 37.5 Å². The number of aryl methyl sites for hydroxylation is 1. The molecule has 0 N–H and O–H groups in total. The van der Waals surface area contributed by atoms with E-state index in [2.05, 4.69) is 36.3 Å². The minimum Gasteiger partial charge on any atom is -0.247 e. The fraction of sp³-hybridized carbons (Fsp3) is 0.263. The Morgan fingerprint density at radius 3 is 2.39 bits per heavy atom. The molecule has 1 fully saturated rings. The summed E-state index contributed by atoms with van der Waals surface area (Å²) >= 11 is 0. The molecule has 1 saturated carbocycles. The van der Waals surface area contributed by atoms with Crippen molar-refractivity contribution in [1.29, 1.82) is 0 Å². The molecule has 23 heavy (non-hydrogen) atoms. The van der Waals surface area contributed by atoms with E-state index in [1.807, 2.05) is 30.3 Å². The first-order valence-electron chi connectivity index (χ1n) is 8.03. The van der Waals surface area contributed by atoms with Gasteiger partial charge < -0.3 is 0 Å². The van der Waals surface area contributed by atoms with Gasteiger partial charge in [0.15, 0.2) is 0 Å². The molecule has 1 aliphatic rings. The average Bonchev–Trinajstić information content (AvgIpc) is 3.36. The fourth-order valence-electron chi connectivity index (χ4n) is 2.82. The summed E-state index contributed by atoms with van der Waals surface area (Å²) in [5, 5.41) is 4.63. The van der Waals surface area contributed by atoms with Crippen LogP contribution in [-0.4, -0.2) is 14.3 Å². The summed E-state index contributed by atoms with van der Waals surface area (Å²) in [5.74, 6) is 1.32. The van der Waals surface area contributed by atoms with Gasteiger partial charge in [-0.2, -0.15) is 5.10 Å². The summed E-state index contributed by atoms with van der Waals surface area (Å²) in [6, 6.07) is 18.0. The molecule has 1 heterocycles. The smallest absolute Gasteiger partial charge is 0.247 e. The predicted octanol–water partition coefficient (Wildman–Crippen LogP) is 3.27. The molecule has 2 aromatic carbocycles. The zero-order valence-electron chi connectivity index (χ0n) is 13.1. The van der Waals surface area contributed by atoms with Gasteiger partial charge in [0.1, 0.15) is 5.82 Å². The van der Waals surface area contributed by atoms with Crippen LogP contribution >= 0.6 is 0 Å². The van der Waals surface area contributed by atoms with Gasteiger partial charge in [-0.1, -0.05) is 48.0 Å². The Bertz CT molecular complexity index is 871. The molecule has 0 atom stereocenters. The topological polar surface area (TPSA) is 39.8 Å². The lowest BCUT2D eigenvalue weighted by Crippen LogP contribution is -2.24. The van der Waals surface area contributed by atoms with Crippen LogP contribution in [0.15, 0.2) is 59.4 Å². The molecule has 1 aromatic heterocycles. The average molecular weight is 305 g/mol. The van der Waals surface area contributed by atoms with Crippen LogP contribution in [0.4, 0.5) is 0 Å². The highest BCUT2D eigenvalue weighted by atomic mass is 16.2. The number of hydrogen-bond acceptors (Lipinski definition) is 2. The molecular weight excluding hydrogens is 286 g/mol. The van der Waals surface area contributed by atoms with Crippen LogP contribution in [0.3, 0.4) is 0 Å². The van der Waals surface area contributed by atoms with Crippen LogP contribution in [0.1, 0.15) is 35.7 Å². The van der Waals surface area contributed by atoms with Crippen molar-refractivity contribution in [3.63, 3.8) is 0 Å². The summed E-state index contributed by atoms with van der Waals surface area (Å²) in [5.41, 5.74) is 3.15. The molecule has 0 saturated heterocycles. The molecule has 0 amide bonds. The largest absolute Gasteiger partial charge is 0.350 e. The third-order valence-corrected chi connectivity index (χ3v) is 4.27. The maximum absolute atomic E-state index is 12.9. The van der Waals surface area contributed by atoms with E-state index in [0.717, 1.165) is 29.9 Å². The van der Waals surface area contributed by atoms with Crippen molar-refractivity contribution >= 4 is 0 Å². The quantitative estimate of drug-likeness (QED) is 0.742. The number of para-hydroxylation sites is 1. The second-order valence-corrected chi connectivity index (χ2v) is 6.23. The highest BCUT2D eigenvalue weighted by Crippen LogP contribution is 2.39. The molecule has 0 spiro atoms. The van der Waals surface area contributed by atoms with Gasteiger partial charge in [-0.3, -0.25) is 0 Å². The molecule has 4 heteroatoms. The molecule has 0 bridgehead atoms. The van der Waals surface area contributed by atoms with Crippen molar-refractivity contribution in [2.45, 2.75) is 32.2 Å². The highest BCUT2D eigenvalue weighted by Gasteiger charge is 2.31. The Hall–Kier alpha value is -2.62. The van der Waals surface area contributed by atoms with Gasteiger partial charge in [0, 0.05) is 5.92 Å². The van der Waals surface area contributed by atoms with E-state index >= 15 is 0 Å². The summed E-state index contributed by atoms with van der Waals surface area (Å²) in [6.07, 6.45) is 2.24. The third-order valence-electron chi connectivity index (χ3n) is 4.27. The molecule has 0 aliphatic heterocycles. The zero-order chi connectivity index (χ0) is 15.8. The van der Waals surface area contributed by atoms with Crippen molar-refractivity contribution in [3.05, 3.63) is 82.0 Å². The van der Waals surface area contributed by atoms with Crippen molar-refractivity contribution in [2.24, 2.45) is 0 Å². The number of hydrogen-bond donors (Lipinski definition) is 0. The minimum absolute atomic E-state index is 0.0568. The third kappa shape index (κ3) is 2.72. The zero-order valence-corrected chi connectivity index (χ0v) is 13.1. The van der Waals surface area contributed by atoms with E-state index in [9.17, 15) is 4.79 Å². The number of nitrogens with zero attached hydrogens (tertiary/aromatic N) is 3. The van der Waals surface area contributed by atoms with E-state index in [1.54, 1.807) is 9.25 Å². The summed E-state index contributed by atoms with van der Waals surface area (Å²) in [6.45, 7) is 2.57. The minimum atomic E-state index is -0.0568. The van der Waals surface area contributed by atoms with Crippen molar-refractivity contribution in [2.75, 3.05) is 0 Å². The fourth-order valence-corrected chi connectivity index (χ4v) is 2.82. The standard InChI is InChI=1S/C19H19N3O/c1-14-7-9-15(10-8-14)13-21-19(23)22(17-5-3-2-4-6-17)18(20-21)16-11-12-16/h2-10,16H,11-13H2,1H3. The SMILES string of the molecule is Cc1ccc(Cn2nc(C3CC3)n(-c3ccccc3)c2=O)cc1. The van der Waals surface area contributed by atoms with Crippen molar-refractivity contribution < 1.29 is 0 Å². The molecule has 0 radical (unpaired) electrons. The summed E-state index contributed by atoms with van der Waals surface area (Å²) in [7, 11) is 0. The Morgan fingerprint density at radius 2 is 1.74 bits per heavy atom. The summed E-state index contributed by atoms with van der Waals surface area (Å²) < 4.78 is 3.36. The van der Waals surface area contributed by atoms with Crippen LogP contribution < -0.4 is 5.69 Å². The predicted molar refractivity (Wildman–Crippen MR) is 90.1 cm³/mol. The van der Waals surface area contributed by atoms with Gasteiger partial charge >= 0.3 is 5.69 Å². The van der Waals surface area contributed by atoms with Crippen LogP contribution in [0.25, 0.3) is 5.69 Å². The Balaban J connectivity index is 1.77. The Kier molecular flexibility index (Phi) is 3.37. The van der Waals surface area contributed by atoms with Crippen molar-refractivity contribution in [1.82, 2.24) is 14.3 Å². The van der Waals surface area contributed by atoms with Gasteiger partial charge in [0.05, 0.1) is 12.2 Å². The van der Waals surface area contributed by atoms with Crippen LogP contribution in [0, 0.1) is 6.92 Å². The monoisotopic (exact) mass is 305 g/mol. The Morgan fingerprint density at radius 1 is 1.04 bits per heavy atom. The lowest BCUT2D eigenvalue weighted by Gasteiger charge is -2.03.